The summed E-state index contributed by atoms with van der Waals surface area (Å²) in [5.41, 5.74) is 2.73. The molecule has 29 heavy (non-hydrogen) atoms. The van der Waals surface area contributed by atoms with Gasteiger partial charge in [-0.3, -0.25) is 4.79 Å². The first kappa shape index (κ1) is 19.7. The molecule has 0 amide bonds. The number of halogens is 2. The highest BCUT2D eigenvalue weighted by Crippen LogP contribution is 2.36. The molecule has 1 aliphatic rings. The summed E-state index contributed by atoms with van der Waals surface area (Å²) in [6, 6.07) is 20.9. The van der Waals surface area contributed by atoms with Gasteiger partial charge in [-0.05, 0) is 72.2 Å². The number of ether oxygens (including phenoxy) is 2. The molecule has 3 aromatic rings. The van der Waals surface area contributed by atoms with Crippen molar-refractivity contribution in [3.05, 3.63) is 104 Å². The second kappa shape index (κ2) is 8.39. The lowest BCUT2D eigenvalue weighted by Gasteiger charge is -2.07. The number of hydrogen-bond acceptors (Lipinski definition) is 3. The van der Waals surface area contributed by atoms with E-state index < -0.39 is 0 Å². The minimum atomic E-state index is -0.315. The minimum absolute atomic E-state index is 0.207. The Labute approximate surface area is 185 Å². The lowest BCUT2D eigenvalue weighted by atomic mass is 10.1. The van der Waals surface area contributed by atoms with Crippen molar-refractivity contribution in [1.29, 1.82) is 0 Å². The van der Waals surface area contributed by atoms with Crippen LogP contribution in [0.25, 0.3) is 12.2 Å². The summed E-state index contributed by atoms with van der Waals surface area (Å²) in [6.45, 7) is 1.97. The van der Waals surface area contributed by atoms with Crippen molar-refractivity contribution in [1.82, 2.24) is 0 Å². The fourth-order valence-electron chi connectivity index (χ4n) is 2.84. The van der Waals surface area contributed by atoms with Crippen molar-refractivity contribution in [2.24, 2.45) is 0 Å². The molecule has 5 heteroatoms. The normalized spacial score (nSPS) is 16.2. The number of ketones is 1. The van der Waals surface area contributed by atoms with Crippen molar-refractivity contribution >= 4 is 49.8 Å². The summed E-state index contributed by atoms with van der Waals surface area (Å²) in [5, 5.41) is 0. The first-order chi connectivity index (χ1) is 14.0. The third-order valence-corrected chi connectivity index (χ3v) is 5.38. The number of aryl methyl sites for hydroxylation is 1. The fraction of sp³-hybridized carbons (Fsp3) is 0.0417. The van der Waals surface area contributed by atoms with Gasteiger partial charge in [0.15, 0.2) is 23.0 Å². The standard InChI is InChI=1S/C24H16Br2O3/c1-15-2-11-20-21(12-15)29-23(14-17-5-9-19(26)10-6-17)24(27)22(28-20)13-16-3-7-18(25)8-4-16/h2-14H,1H3. The fourth-order valence-corrected chi connectivity index (χ4v) is 3.37. The SMILES string of the molecule is Cc1ccc2c(c1)OC(=Cc1ccc(Br)cc1)C(=O)C(=Cc1ccc(Br)cc1)O2. The quantitative estimate of drug-likeness (QED) is 0.349. The second-order valence-electron chi connectivity index (χ2n) is 6.60. The van der Waals surface area contributed by atoms with Gasteiger partial charge in [0.2, 0.25) is 0 Å². The molecule has 0 saturated carbocycles. The van der Waals surface area contributed by atoms with Gasteiger partial charge in [0.1, 0.15) is 0 Å². The van der Waals surface area contributed by atoms with Crippen LogP contribution in [-0.2, 0) is 4.79 Å². The molecule has 3 nitrogen and oxygen atoms in total. The van der Waals surface area contributed by atoms with Gasteiger partial charge in [0, 0.05) is 8.95 Å². The molecule has 0 spiro atoms. The van der Waals surface area contributed by atoms with E-state index >= 15 is 0 Å². The predicted molar refractivity (Wildman–Crippen MR) is 122 cm³/mol. The van der Waals surface area contributed by atoms with Crippen LogP contribution in [-0.4, -0.2) is 5.78 Å². The Balaban J connectivity index is 1.81. The number of hydrogen-bond donors (Lipinski definition) is 0. The van der Waals surface area contributed by atoms with Crippen molar-refractivity contribution in [3.8, 4) is 11.5 Å². The van der Waals surface area contributed by atoms with Gasteiger partial charge in [0.05, 0.1) is 0 Å². The molecular weight excluding hydrogens is 496 g/mol. The average Bonchev–Trinajstić information content (AvgIpc) is 2.82. The molecule has 3 aromatic carbocycles. The zero-order valence-corrected chi connectivity index (χ0v) is 18.7. The van der Waals surface area contributed by atoms with Crippen LogP contribution >= 0.6 is 31.9 Å². The van der Waals surface area contributed by atoms with Crippen molar-refractivity contribution in [2.45, 2.75) is 6.92 Å². The molecule has 1 heterocycles. The third kappa shape index (κ3) is 4.69. The van der Waals surface area contributed by atoms with Crippen LogP contribution < -0.4 is 9.47 Å². The smallest absolute Gasteiger partial charge is 0.263 e. The topological polar surface area (TPSA) is 35.5 Å². The van der Waals surface area contributed by atoms with E-state index in [4.69, 9.17) is 9.47 Å². The Bertz CT molecular complexity index is 1130. The maximum atomic E-state index is 13.2. The number of fused-ring (bicyclic) bond motifs is 1. The van der Waals surface area contributed by atoms with Crippen LogP contribution in [0.2, 0.25) is 0 Å². The highest BCUT2D eigenvalue weighted by molar-refractivity contribution is 9.10. The molecule has 0 atom stereocenters. The van der Waals surface area contributed by atoms with Crippen LogP contribution in [0.3, 0.4) is 0 Å². The molecule has 144 valence electrons. The number of rotatable bonds is 2. The number of carbonyl (C=O) groups is 1. The van der Waals surface area contributed by atoms with E-state index in [0.717, 1.165) is 25.6 Å². The largest absolute Gasteiger partial charge is 0.449 e. The van der Waals surface area contributed by atoms with Gasteiger partial charge in [0.25, 0.3) is 5.78 Å². The second-order valence-corrected chi connectivity index (χ2v) is 8.44. The zero-order valence-electron chi connectivity index (χ0n) is 15.5. The molecule has 0 bridgehead atoms. The minimum Gasteiger partial charge on any atom is -0.449 e. The Morgan fingerprint density at radius 3 is 1.69 bits per heavy atom. The lowest BCUT2D eigenvalue weighted by molar-refractivity contribution is -0.115. The van der Waals surface area contributed by atoms with Gasteiger partial charge >= 0.3 is 0 Å². The number of benzene rings is 3. The zero-order chi connectivity index (χ0) is 20.4. The Hall–Kier alpha value is -2.63. The van der Waals surface area contributed by atoms with Gasteiger partial charge in [-0.1, -0.05) is 62.2 Å². The van der Waals surface area contributed by atoms with Gasteiger partial charge < -0.3 is 9.47 Å². The summed E-state index contributed by atoms with van der Waals surface area (Å²) in [7, 11) is 0. The molecule has 0 fully saturated rings. The molecule has 1 aliphatic heterocycles. The van der Waals surface area contributed by atoms with E-state index in [1.807, 2.05) is 73.7 Å². The van der Waals surface area contributed by atoms with Gasteiger partial charge in [-0.15, -0.1) is 0 Å². The molecular formula is C24H16Br2O3. The molecule has 0 radical (unpaired) electrons. The summed E-state index contributed by atoms with van der Waals surface area (Å²) in [4.78, 5) is 13.2. The summed E-state index contributed by atoms with van der Waals surface area (Å²) in [5.74, 6) is 1.12. The van der Waals surface area contributed by atoms with E-state index in [0.29, 0.717) is 11.5 Å². The van der Waals surface area contributed by atoms with Crippen LogP contribution in [0.5, 0.6) is 11.5 Å². The average molecular weight is 512 g/mol. The van der Waals surface area contributed by atoms with Crippen molar-refractivity contribution < 1.29 is 14.3 Å². The monoisotopic (exact) mass is 510 g/mol. The van der Waals surface area contributed by atoms with E-state index in [1.165, 1.54) is 0 Å². The highest BCUT2D eigenvalue weighted by atomic mass is 79.9. The molecule has 0 saturated heterocycles. The van der Waals surface area contributed by atoms with E-state index in [1.54, 1.807) is 12.2 Å². The molecule has 0 unspecified atom stereocenters. The van der Waals surface area contributed by atoms with E-state index in [-0.39, 0.29) is 17.3 Å². The maximum Gasteiger partial charge on any atom is 0.263 e. The molecule has 0 aromatic heterocycles. The van der Waals surface area contributed by atoms with E-state index in [2.05, 4.69) is 31.9 Å². The first-order valence-corrected chi connectivity index (χ1v) is 10.5. The molecule has 4 rings (SSSR count). The molecule has 0 aliphatic carbocycles. The number of carbonyl (C=O) groups excluding carboxylic acids is 1. The molecule has 0 N–H and O–H groups in total. The Morgan fingerprint density at radius 2 is 1.17 bits per heavy atom. The summed E-state index contributed by atoms with van der Waals surface area (Å²) >= 11 is 6.85. The van der Waals surface area contributed by atoms with E-state index in [9.17, 15) is 4.79 Å². The first-order valence-electron chi connectivity index (χ1n) is 8.93. The summed E-state index contributed by atoms with van der Waals surface area (Å²) in [6.07, 6.45) is 3.45. The van der Waals surface area contributed by atoms with Gasteiger partial charge in [-0.25, -0.2) is 0 Å². The van der Waals surface area contributed by atoms with Crippen molar-refractivity contribution in [3.63, 3.8) is 0 Å². The maximum absolute atomic E-state index is 13.2. The van der Waals surface area contributed by atoms with Crippen LogP contribution in [0.4, 0.5) is 0 Å². The van der Waals surface area contributed by atoms with Crippen molar-refractivity contribution in [2.75, 3.05) is 0 Å². The Morgan fingerprint density at radius 1 is 0.690 bits per heavy atom. The predicted octanol–water partition coefficient (Wildman–Crippen LogP) is 6.94. The third-order valence-electron chi connectivity index (χ3n) is 4.32. The van der Waals surface area contributed by atoms with Crippen LogP contribution in [0.15, 0.2) is 87.2 Å². The lowest BCUT2D eigenvalue weighted by Crippen LogP contribution is -2.12. The van der Waals surface area contributed by atoms with Crippen LogP contribution in [0, 0.1) is 6.92 Å². The number of Topliss-reactive ketones (excluding diaryl/α,β-unsaturated/α-hetero) is 1. The Kier molecular flexibility index (Phi) is 5.69. The van der Waals surface area contributed by atoms with Gasteiger partial charge in [-0.2, -0.15) is 0 Å². The van der Waals surface area contributed by atoms with Crippen LogP contribution in [0.1, 0.15) is 16.7 Å². The highest BCUT2D eigenvalue weighted by Gasteiger charge is 2.26. The summed E-state index contributed by atoms with van der Waals surface area (Å²) < 4.78 is 13.9.